The van der Waals surface area contributed by atoms with E-state index in [1.165, 1.54) is 53.2 Å². The number of nitrogens with zero attached hydrogens (tertiary/aromatic N) is 4. The van der Waals surface area contributed by atoms with Crippen LogP contribution in [0.4, 0.5) is 14.5 Å². The lowest BCUT2D eigenvalue weighted by Crippen LogP contribution is -2.22. The molecule has 0 atom stereocenters. The van der Waals surface area contributed by atoms with Crippen molar-refractivity contribution in [2.24, 2.45) is 0 Å². The summed E-state index contributed by atoms with van der Waals surface area (Å²) in [5.74, 6) is -1.40. The van der Waals surface area contributed by atoms with E-state index in [4.69, 9.17) is 4.52 Å². The molecule has 2 aromatic carbocycles. The average molecular weight is 473 g/mol. The largest absolute Gasteiger partial charge is 0.333 e. The van der Waals surface area contributed by atoms with E-state index in [-0.39, 0.29) is 40.5 Å². The maximum Gasteiger partial charge on any atom is 0.263 e. The van der Waals surface area contributed by atoms with Gasteiger partial charge in [-0.25, -0.2) is 13.8 Å². The second-order valence-corrected chi connectivity index (χ2v) is 7.78. The number of halogens is 2. The molecule has 0 aliphatic heterocycles. The van der Waals surface area contributed by atoms with Gasteiger partial charge < -0.3 is 14.4 Å². The second-order valence-electron chi connectivity index (χ2n) is 7.78. The number of pyridine rings is 2. The lowest BCUT2D eigenvalue weighted by atomic mass is 10.1. The summed E-state index contributed by atoms with van der Waals surface area (Å²) in [7, 11) is 0. The highest BCUT2D eigenvalue weighted by molar-refractivity contribution is 5.92. The van der Waals surface area contributed by atoms with Gasteiger partial charge in [0.15, 0.2) is 0 Å². The standard InChI is InChI=1S/C25H17F2N5O3/c1-14-6-11-17-22(34)18(25-30-23(31-35-25)15-7-9-16(26)10-8-15)12-32(24(17)28-14)13-21(33)29-20-5-3-2-4-19(20)27/h2-12H,13H2,1H3,(H,29,33). The second kappa shape index (κ2) is 8.90. The van der Waals surface area contributed by atoms with Crippen molar-refractivity contribution in [1.29, 1.82) is 0 Å². The summed E-state index contributed by atoms with van der Waals surface area (Å²) < 4.78 is 34.0. The number of aromatic nitrogens is 4. The van der Waals surface area contributed by atoms with Crippen LogP contribution in [0.3, 0.4) is 0 Å². The van der Waals surface area contributed by atoms with Gasteiger partial charge in [0.25, 0.3) is 5.89 Å². The van der Waals surface area contributed by atoms with Gasteiger partial charge in [0.05, 0.1) is 11.1 Å². The predicted octanol–water partition coefficient (Wildman–Crippen LogP) is 4.34. The van der Waals surface area contributed by atoms with E-state index in [2.05, 4.69) is 20.4 Å². The van der Waals surface area contributed by atoms with Gasteiger partial charge in [-0.2, -0.15) is 4.98 Å². The van der Waals surface area contributed by atoms with Gasteiger partial charge in [-0.15, -0.1) is 0 Å². The topological polar surface area (TPSA) is 103 Å². The van der Waals surface area contributed by atoms with Crippen molar-refractivity contribution in [3.05, 3.63) is 94.4 Å². The first kappa shape index (κ1) is 22.1. The van der Waals surface area contributed by atoms with Gasteiger partial charge in [-0.05, 0) is 55.5 Å². The molecule has 1 N–H and O–H groups in total. The van der Waals surface area contributed by atoms with E-state index < -0.39 is 23.0 Å². The molecular weight excluding hydrogens is 456 g/mol. The number of hydrogen-bond donors (Lipinski definition) is 1. The van der Waals surface area contributed by atoms with Gasteiger partial charge in [-0.1, -0.05) is 17.3 Å². The SMILES string of the molecule is Cc1ccc2c(=O)c(-c3nc(-c4ccc(F)cc4)no3)cn(CC(=O)Nc3ccccc3F)c2n1. The lowest BCUT2D eigenvalue weighted by Gasteiger charge is -2.12. The fourth-order valence-electron chi connectivity index (χ4n) is 3.59. The molecule has 35 heavy (non-hydrogen) atoms. The number of carbonyl (C=O) groups excluding carboxylic acids is 1. The molecule has 5 rings (SSSR count). The molecule has 0 aliphatic rings. The van der Waals surface area contributed by atoms with Crippen LogP contribution in [-0.2, 0) is 11.3 Å². The summed E-state index contributed by atoms with van der Waals surface area (Å²) >= 11 is 0. The first-order valence-corrected chi connectivity index (χ1v) is 10.5. The highest BCUT2D eigenvalue weighted by atomic mass is 19.1. The third kappa shape index (κ3) is 4.41. The summed E-state index contributed by atoms with van der Waals surface area (Å²) in [5.41, 5.74) is 1.11. The number of nitrogens with one attached hydrogen (secondary N) is 1. The maximum absolute atomic E-state index is 14.0. The fraction of sp³-hybridized carbons (Fsp3) is 0.0800. The molecule has 10 heteroatoms. The third-order valence-electron chi connectivity index (χ3n) is 5.28. The third-order valence-corrected chi connectivity index (χ3v) is 5.28. The van der Waals surface area contributed by atoms with Gasteiger partial charge >= 0.3 is 0 Å². The van der Waals surface area contributed by atoms with Crippen molar-refractivity contribution in [2.75, 3.05) is 5.32 Å². The van der Waals surface area contributed by atoms with Gasteiger partial charge in [0, 0.05) is 17.5 Å². The maximum atomic E-state index is 14.0. The highest BCUT2D eigenvalue weighted by Crippen LogP contribution is 2.23. The van der Waals surface area contributed by atoms with Crippen LogP contribution in [0.25, 0.3) is 33.9 Å². The number of fused-ring (bicyclic) bond motifs is 1. The summed E-state index contributed by atoms with van der Waals surface area (Å²) in [6.07, 6.45) is 1.40. The molecule has 8 nitrogen and oxygen atoms in total. The van der Waals surface area contributed by atoms with Crippen LogP contribution in [-0.4, -0.2) is 25.6 Å². The first-order valence-electron chi connectivity index (χ1n) is 10.5. The number of benzene rings is 2. The Kier molecular flexibility index (Phi) is 5.61. The molecule has 0 fully saturated rings. The number of carbonyl (C=O) groups is 1. The summed E-state index contributed by atoms with van der Waals surface area (Å²) in [5, 5.41) is 6.65. The van der Waals surface area contributed by atoms with E-state index in [0.29, 0.717) is 11.3 Å². The molecule has 0 radical (unpaired) electrons. The van der Waals surface area contributed by atoms with Crippen LogP contribution in [0.15, 0.2) is 76.2 Å². The molecular formula is C25H17F2N5O3. The van der Waals surface area contributed by atoms with E-state index in [9.17, 15) is 18.4 Å². The lowest BCUT2D eigenvalue weighted by molar-refractivity contribution is -0.116. The Bertz CT molecular complexity index is 1630. The van der Waals surface area contributed by atoms with Gasteiger partial charge in [0.2, 0.25) is 17.2 Å². The van der Waals surface area contributed by atoms with Gasteiger partial charge in [0.1, 0.15) is 29.4 Å². The molecule has 0 bridgehead atoms. The van der Waals surface area contributed by atoms with E-state index >= 15 is 0 Å². The quantitative estimate of drug-likeness (QED) is 0.407. The summed E-state index contributed by atoms with van der Waals surface area (Å²) in [6.45, 7) is 1.50. The monoisotopic (exact) mass is 473 g/mol. The fourth-order valence-corrected chi connectivity index (χ4v) is 3.59. The van der Waals surface area contributed by atoms with Crippen LogP contribution in [0, 0.1) is 18.6 Å². The minimum Gasteiger partial charge on any atom is -0.333 e. The molecule has 174 valence electrons. The number of anilines is 1. The Morgan fingerprint density at radius 2 is 1.80 bits per heavy atom. The van der Waals surface area contributed by atoms with Crippen LogP contribution >= 0.6 is 0 Å². The van der Waals surface area contributed by atoms with Crippen molar-refractivity contribution < 1.29 is 18.1 Å². The van der Waals surface area contributed by atoms with Crippen LogP contribution in [0.1, 0.15) is 5.69 Å². The predicted molar refractivity (Wildman–Crippen MR) is 124 cm³/mol. The number of aryl methyl sites for hydroxylation is 1. The van der Waals surface area contributed by atoms with E-state index in [1.54, 1.807) is 25.1 Å². The molecule has 0 saturated carbocycles. The zero-order chi connectivity index (χ0) is 24.5. The normalized spacial score (nSPS) is 11.1. The molecule has 3 heterocycles. The number of amides is 1. The molecule has 0 aliphatic carbocycles. The Morgan fingerprint density at radius 3 is 2.57 bits per heavy atom. The van der Waals surface area contributed by atoms with Crippen LogP contribution in [0.5, 0.6) is 0 Å². The number of hydrogen-bond acceptors (Lipinski definition) is 6. The number of para-hydroxylation sites is 1. The average Bonchev–Trinajstić information content (AvgIpc) is 3.33. The van der Waals surface area contributed by atoms with Crippen molar-refractivity contribution in [1.82, 2.24) is 19.7 Å². The zero-order valence-electron chi connectivity index (χ0n) is 18.3. The van der Waals surface area contributed by atoms with Gasteiger partial charge in [-0.3, -0.25) is 9.59 Å². The zero-order valence-corrected chi connectivity index (χ0v) is 18.3. The molecule has 3 aromatic heterocycles. The molecule has 0 unspecified atom stereocenters. The molecule has 0 saturated heterocycles. The summed E-state index contributed by atoms with van der Waals surface area (Å²) in [4.78, 5) is 34.6. The minimum atomic E-state index is -0.570. The number of rotatable bonds is 5. The van der Waals surface area contributed by atoms with Crippen LogP contribution < -0.4 is 10.7 Å². The Labute approximate surface area is 196 Å². The van der Waals surface area contributed by atoms with Crippen molar-refractivity contribution in [3.63, 3.8) is 0 Å². The Balaban J connectivity index is 1.56. The molecule has 5 aromatic rings. The van der Waals surface area contributed by atoms with E-state index in [1.807, 2.05) is 0 Å². The Morgan fingerprint density at radius 1 is 1.03 bits per heavy atom. The van der Waals surface area contributed by atoms with Crippen molar-refractivity contribution >= 4 is 22.6 Å². The summed E-state index contributed by atoms with van der Waals surface area (Å²) in [6, 6.07) is 14.6. The first-order chi connectivity index (χ1) is 16.9. The smallest absolute Gasteiger partial charge is 0.263 e. The minimum absolute atomic E-state index is 0.0352. The van der Waals surface area contributed by atoms with Crippen LogP contribution in [0.2, 0.25) is 0 Å². The van der Waals surface area contributed by atoms with Crippen molar-refractivity contribution in [3.8, 4) is 22.8 Å². The molecule has 1 amide bonds. The Hall–Kier alpha value is -4.73. The van der Waals surface area contributed by atoms with E-state index in [0.717, 1.165) is 0 Å². The highest BCUT2D eigenvalue weighted by Gasteiger charge is 2.19. The van der Waals surface area contributed by atoms with Crippen molar-refractivity contribution in [2.45, 2.75) is 13.5 Å². The molecule has 0 spiro atoms.